The van der Waals surface area contributed by atoms with Gasteiger partial charge in [0.25, 0.3) is 0 Å². The van der Waals surface area contributed by atoms with Crippen LogP contribution in [-0.2, 0) is 18.4 Å². The second-order valence-corrected chi connectivity index (χ2v) is 7.43. The van der Waals surface area contributed by atoms with Crippen LogP contribution in [0, 0.1) is 5.82 Å². The molecule has 0 saturated heterocycles. The van der Waals surface area contributed by atoms with E-state index in [1.54, 1.807) is 18.3 Å². The molecule has 5 heteroatoms. The van der Waals surface area contributed by atoms with Crippen molar-refractivity contribution in [2.24, 2.45) is 7.05 Å². The van der Waals surface area contributed by atoms with E-state index in [4.69, 9.17) is 0 Å². The highest BCUT2D eigenvalue weighted by atomic mass is 19.1. The lowest BCUT2D eigenvalue weighted by Gasteiger charge is -2.25. The minimum Gasteiger partial charge on any atom is -0.337 e. The molecule has 0 radical (unpaired) electrons. The fourth-order valence-corrected chi connectivity index (χ4v) is 3.61. The van der Waals surface area contributed by atoms with Crippen molar-refractivity contribution < 1.29 is 9.18 Å². The summed E-state index contributed by atoms with van der Waals surface area (Å²) >= 11 is 0. The minimum absolute atomic E-state index is 0.100. The van der Waals surface area contributed by atoms with Gasteiger partial charge in [-0.1, -0.05) is 42.5 Å². The van der Waals surface area contributed by atoms with Crippen LogP contribution in [0.3, 0.4) is 0 Å². The average Bonchev–Trinajstić information content (AvgIpc) is 3.47. The first-order valence-electron chi connectivity index (χ1n) is 9.68. The fourth-order valence-electron chi connectivity index (χ4n) is 3.61. The van der Waals surface area contributed by atoms with Gasteiger partial charge in [-0.3, -0.25) is 4.79 Å². The second-order valence-electron chi connectivity index (χ2n) is 7.43. The molecule has 1 aliphatic rings. The highest BCUT2D eigenvalue weighted by molar-refractivity contribution is 5.78. The molecule has 0 aliphatic heterocycles. The number of halogens is 1. The molecule has 1 fully saturated rings. The summed E-state index contributed by atoms with van der Waals surface area (Å²) in [6.07, 6.45) is 6.11. The zero-order valence-electron chi connectivity index (χ0n) is 16.0. The van der Waals surface area contributed by atoms with Crippen LogP contribution in [0.25, 0.3) is 0 Å². The Morgan fingerprint density at radius 3 is 2.43 bits per heavy atom. The van der Waals surface area contributed by atoms with Crippen molar-refractivity contribution in [1.82, 2.24) is 14.5 Å². The van der Waals surface area contributed by atoms with Crippen molar-refractivity contribution in [3.05, 3.63) is 89.8 Å². The number of hydrogen-bond acceptors (Lipinski definition) is 2. The van der Waals surface area contributed by atoms with E-state index in [-0.39, 0.29) is 17.6 Å². The van der Waals surface area contributed by atoms with Crippen LogP contribution >= 0.6 is 0 Å². The van der Waals surface area contributed by atoms with Crippen LogP contribution in [0.1, 0.15) is 42.1 Å². The largest absolute Gasteiger partial charge is 0.337 e. The van der Waals surface area contributed by atoms with Gasteiger partial charge >= 0.3 is 0 Å². The van der Waals surface area contributed by atoms with Crippen LogP contribution < -0.4 is 0 Å². The van der Waals surface area contributed by atoms with Gasteiger partial charge in [-0.05, 0) is 36.1 Å². The monoisotopic (exact) mass is 377 g/mol. The van der Waals surface area contributed by atoms with Gasteiger partial charge in [-0.25, -0.2) is 9.37 Å². The first-order valence-corrected chi connectivity index (χ1v) is 9.68. The van der Waals surface area contributed by atoms with Gasteiger partial charge in [-0.2, -0.15) is 0 Å². The summed E-state index contributed by atoms with van der Waals surface area (Å²) in [5.41, 5.74) is 2.02. The average molecular weight is 377 g/mol. The lowest BCUT2D eigenvalue weighted by molar-refractivity contribution is -0.132. The number of carbonyl (C=O) groups is 1. The fraction of sp³-hybridized carbons (Fsp3) is 0.304. The molecule has 4 rings (SSSR count). The normalized spacial score (nSPS) is 14.6. The molecule has 1 aliphatic carbocycles. The summed E-state index contributed by atoms with van der Waals surface area (Å²) < 4.78 is 15.4. The Morgan fingerprint density at radius 1 is 1.14 bits per heavy atom. The van der Waals surface area contributed by atoms with Crippen molar-refractivity contribution in [3.63, 3.8) is 0 Å². The van der Waals surface area contributed by atoms with Crippen molar-refractivity contribution in [2.75, 3.05) is 0 Å². The molecule has 0 spiro atoms. The molecular weight excluding hydrogens is 353 g/mol. The topological polar surface area (TPSA) is 38.1 Å². The Morgan fingerprint density at radius 2 is 1.82 bits per heavy atom. The van der Waals surface area contributed by atoms with E-state index >= 15 is 0 Å². The molecule has 144 valence electrons. The Kier molecular flexibility index (Phi) is 5.24. The molecule has 1 saturated carbocycles. The highest BCUT2D eigenvalue weighted by Gasteiger charge is 2.34. The van der Waals surface area contributed by atoms with E-state index in [0.717, 1.165) is 29.8 Å². The molecular formula is C23H24FN3O. The van der Waals surface area contributed by atoms with E-state index in [0.29, 0.717) is 19.0 Å². The van der Waals surface area contributed by atoms with Crippen LogP contribution in [0.5, 0.6) is 0 Å². The Hall–Kier alpha value is -2.95. The van der Waals surface area contributed by atoms with Gasteiger partial charge < -0.3 is 9.47 Å². The first-order chi connectivity index (χ1) is 13.6. The number of aromatic nitrogens is 2. The van der Waals surface area contributed by atoms with Gasteiger partial charge in [0.1, 0.15) is 11.6 Å². The molecule has 2 aromatic carbocycles. The summed E-state index contributed by atoms with van der Waals surface area (Å²) in [5.74, 6) is 0.634. The minimum atomic E-state index is -0.267. The van der Waals surface area contributed by atoms with E-state index < -0.39 is 0 Å². The molecule has 1 amide bonds. The van der Waals surface area contributed by atoms with Crippen molar-refractivity contribution in [2.45, 2.75) is 37.8 Å². The second kappa shape index (κ2) is 7.97. The molecule has 0 bridgehead atoms. The predicted octanol–water partition coefficient (Wildman–Crippen LogP) is 4.27. The molecule has 1 unspecified atom stereocenters. The molecule has 1 aromatic heterocycles. The van der Waals surface area contributed by atoms with Crippen molar-refractivity contribution in [1.29, 1.82) is 0 Å². The van der Waals surface area contributed by atoms with Crippen molar-refractivity contribution in [3.8, 4) is 0 Å². The van der Waals surface area contributed by atoms with Crippen LogP contribution in [0.4, 0.5) is 4.39 Å². The van der Waals surface area contributed by atoms with Crippen molar-refractivity contribution >= 4 is 5.91 Å². The smallest absolute Gasteiger partial charge is 0.224 e. The van der Waals surface area contributed by atoms with Gasteiger partial charge in [-0.15, -0.1) is 0 Å². The molecule has 4 nitrogen and oxygen atoms in total. The standard InChI is InChI=1S/C23H24FN3O/c1-26-14-13-25-22(26)16-27(20-11-12-20)23(28)15-21(17-5-3-2-4-6-17)18-7-9-19(24)10-8-18/h2-10,13-14,20-21H,11-12,15-16H2,1H3. The van der Waals surface area contributed by atoms with Crippen LogP contribution in [0.15, 0.2) is 67.0 Å². The number of imidazole rings is 1. The highest BCUT2D eigenvalue weighted by Crippen LogP contribution is 2.33. The number of amides is 1. The summed E-state index contributed by atoms with van der Waals surface area (Å²) in [6, 6.07) is 16.7. The van der Waals surface area contributed by atoms with Crippen LogP contribution in [0.2, 0.25) is 0 Å². The summed E-state index contributed by atoms with van der Waals surface area (Å²) in [5, 5.41) is 0. The van der Waals surface area contributed by atoms with E-state index in [1.165, 1.54) is 12.1 Å². The summed E-state index contributed by atoms with van der Waals surface area (Å²) in [4.78, 5) is 19.6. The zero-order chi connectivity index (χ0) is 19.5. The summed E-state index contributed by atoms with van der Waals surface area (Å²) in [7, 11) is 1.95. The number of aryl methyl sites for hydroxylation is 1. The lowest BCUT2D eigenvalue weighted by atomic mass is 9.88. The number of benzene rings is 2. The summed E-state index contributed by atoms with van der Waals surface area (Å²) in [6.45, 7) is 0.526. The predicted molar refractivity (Wildman–Crippen MR) is 106 cm³/mol. The molecule has 3 aromatic rings. The third-order valence-electron chi connectivity index (χ3n) is 5.39. The maximum atomic E-state index is 13.4. The van der Waals surface area contributed by atoms with Gasteiger partial charge in [0.15, 0.2) is 0 Å². The number of hydrogen-bond donors (Lipinski definition) is 0. The third kappa shape index (κ3) is 4.14. The number of rotatable bonds is 7. The Bertz CT molecular complexity index is 932. The van der Waals surface area contributed by atoms with Gasteiger partial charge in [0.2, 0.25) is 5.91 Å². The quantitative estimate of drug-likeness (QED) is 0.617. The maximum Gasteiger partial charge on any atom is 0.224 e. The van der Waals surface area contributed by atoms with Crippen LogP contribution in [-0.4, -0.2) is 26.4 Å². The van der Waals surface area contributed by atoms with Gasteiger partial charge in [0.05, 0.1) is 6.54 Å². The SMILES string of the molecule is Cn1ccnc1CN(C(=O)CC(c1ccccc1)c1ccc(F)cc1)C1CC1. The molecule has 1 atom stereocenters. The Balaban J connectivity index is 1.59. The molecule has 1 heterocycles. The van der Waals surface area contributed by atoms with E-state index in [1.807, 2.05) is 53.0 Å². The Labute approximate surface area is 164 Å². The van der Waals surface area contributed by atoms with Gasteiger partial charge in [0, 0.05) is 37.8 Å². The first kappa shape index (κ1) is 18.4. The number of carbonyl (C=O) groups excluding carboxylic acids is 1. The lowest BCUT2D eigenvalue weighted by Crippen LogP contribution is -2.34. The zero-order valence-corrected chi connectivity index (χ0v) is 16.0. The number of nitrogens with zero attached hydrogens (tertiary/aromatic N) is 3. The van der Waals surface area contributed by atoms with E-state index in [2.05, 4.69) is 4.98 Å². The maximum absolute atomic E-state index is 13.4. The van der Waals surface area contributed by atoms with E-state index in [9.17, 15) is 9.18 Å². The molecule has 0 N–H and O–H groups in total. The third-order valence-corrected chi connectivity index (χ3v) is 5.39. The molecule has 28 heavy (non-hydrogen) atoms.